The molecule has 0 fully saturated rings. The number of hydrogen-bond donors (Lipinski definition) is 3. The van der Waals surface area contributed by atoms with Gasteiger partial charge >= 0.3 is 7.60 Å². The fourth-order valence-electron chi connectivity index (χ4n) is 2.82. The maximum absolute atomic E-state index is 11.5. The first kappa shape index (κ1) is 15.8. The average Bonchev–Trinajstić information content (AvgIpc) is 2.98. The van der Waals surface area contributed by atoms with E-state index in [9.17, 15) is 14.4 Å². The van der Waals surface area contributed by atoms with E-state index in [0.29, 0.717) is 23.3 Å². The lowest BCUT2D eigenvalue weighted by Gasteiger charge is -2.08. The number of aromatic amines is 1. The van der Waals surface area contributed by atoms with Gasteiger partial charge in [-0.3, -0.25) is 4.57 Å². The van der Waals surface area contributed by atoms with Crippen LogP contribution in [-0.4, -0.2) is 19.8 Å². The number of pyridine rings is 1. The molecule has 3 N–H and O–H groups in total. The largest absolute Gasteiger partial charge is 0.488 e. The monoisotopic (exact) mass is 354 g/mol. The van der Waals surface area contributed by atoms with Gasteiger partial charge in [0.1, 0.15) is 12.4 Å². The third-order valence-electron chi connectivity index (χ3n) is 3.99. The smallest absolute Gasteiger partial charge is 0.374 e. The summed E-state index contributed by atoms with van der Waals surface area (Å²) in [6.07, 6.45) is 1.44. The predicted octanol–water partition coefficient (Wildman–Crippen LogP) is 3.10. The van der Waals surface area contributed by atoms with Gasteiger partial charge in [-0.15, -0.1) is 0 Å². The standard InChI is InChI=1S/C18H15N2O4P/c21-25(22,23)17-9-13-15(10-19-17)20-14-7-4-8-16(18(13)14)24-11-12-5-2-1-3-6-12/h1-10,20H,11H2,(H2,21,22,23). The molecule has 0 bridgehead atoms. The molecule has 0 saturated carbocycles. The summed E-state index contributed by atoms with van der Waals surface area (Å²) >= 11 is 0. The first-order chi connectivity index (χ1) is 12.0. The van der Waals surface area contributed by atoms with E-state index in [0.717, 1.165) is 16.5 Å². The van der Waals surface area contributed by atoms with Crippen molar-refractivity contribution in [2.45, 2.75) is 6.61 Å². The Labute approximate surface area is 143 Å². The molecule has 7 heteroatoms. The Morgan fingerprint density at radius 1 is 1.04 bits per heavy atom. The molecule has 25 heavy (non-hydrogen) atoms. The van der Waals surface area contributed by atoms with E-state index in [1.165, 1.54) is 12.3 Å². The predicted molar refractivity (Wildman–Crippen MR) is 96.1 cm³/mol. The van der Waals surface area contributed by atoms with Gasteiger partial charge in [0, 0.05) is 10.8 Å². The quantitative estimate of drug-likeness (QED) is 0.490. The maximum atomic E-state index is 11.5. The lowest BCUT2D eigenvalue weighted by molar-refractivity contribution is 0.310. The summed E-state index contributed by atoms with van der Waals surface area (Å²) in [6.45, 7) is 0.406. The molecular formula is C18H15N2O4P. The molecular weight excluding hydrogens is 339 g/mol. The van der Waals surface area contributed by atoms with E-state index in [1.54, 1.807) is 0 Å². The summed E-state index contributed by atoms with van der Waals surface area (Å²) < 4.78 is 17.5. The number of aromatic nitrogens is 2. The molecule has 0 aliphatic carbocycles. The van der Waals surface area contributed by atoms with Gasteiger partial charge in [-0.2, -0.15) is 0 Å². The van der Waals surface area contributed by atoms with Gasteiger partial charge in [0.15, 0.2) is 5.44 Å². The van der Waals surface area contributed by atoms with Gasteiger partial charge in [-0.25, -0.2) is 4.98 Å². The van der Waals surface area contributed by atoms with Gasteiger partial charge < -0.3 is 19.5 Å². The molecule has 2 aromatic carbocycles. The highest BCUT2D eigenvalue weighted by Crippen LogP contribution is 2.37. The minimum absolute atomic E-state index is 0.251. The summed E-state index contributed by atoms with van der Waals surface area (Å²) in [7, 11) is -4.42. The Morgan fingerprint density at radius 3 is 2.60 bits per heavy atom. The third-order valence-corrected chi connectivity index (χ3v) is 4.83. The van der Waals surface area contributed by atoms with Gasteiger partial charge in [0.2, 0.25) is 0 Å². The average molecular weight is 354 g/mol. The lowest BCUT2D eigenvalue weighted by Crippen LogP contribution is -2.07. The highest BCUT2D eigenvalue weighted by atomic mass is 31.2. The fraction of sp³-hybridized carbons (Fsp3) is 0.0556. The number of rotatable bonds is 4. The summed E-state index contributed by atoms with van der Waals surface area (Å²) in [4.78, 5) is 25.8. The van der Waals surface area contributed by atoms with Gasteiger partial charge in [0.25, 0.3) is 0 Å². The van der Waals surface area contributed by atoms with Crippen molar-refractivity contribution in [1.82, 2.24) is 9.97 Å². The van der Waals surface area contributed by atoms with Crippen LogP contribution in [0.4, 0.5) is 0 Å². The topological polar surface area (TPSA) is 95.4 Å². The number of hydrogen-bond acceptors (Lipinski definition) is 3. The molecule has 0 saturated heterocycles. The van der Waals surface area contributed by atoms with Crippen LogP contribution in [0.15, 0.2) is 60.8 Å². The Balaban J connectivity index is 1.82. The lowest BCUT2D eigenvalue weighted by atomic mass is 10.1. The highest BCUT2D eigenvalue weighted by molar-refractivity contribution is 7.60. The number of benzene rings is 2. The number of nitrogens with one attached hydrogen (secondary N) is 1. The van der Waals surface area contributed by atoms with Crippen LogP contribution < -0.4 is 10.2 Å². The zero-order chi connectivity index (χ0) is 17.4. The zero-order valence-electron chi connectivity index (χ0n) is 13.1. The molecule has 0 atom stereocenters. The van der Waals surface area contributed by atoms with Crippen LogP contribution >= 0.6 is 7.60 Å². The Kier molecular flexibility index (Phi) is 3.81. The van der Waals surface area contributed by atoms with E-state index >= 15 is 0 Å². The van der Waals surface area contributed by atoms with Crippen LogP contribution in [0.1, 0.15) is 5.56 Å². The Hall–Kier alpha value is -2.66. The van der Waals surface area contributed by atoms with Crippen molar-refractivity contribution in [3.8, 4) is 5.75 Å². The SMILES string of the molecule is O=P(O)(O)c1cc2c(cn1)[nH]c1cccc(OCc3ccccc3)c12. The number of nitrogens with zero attached hydrogens (tertiary/aromatic N) is 1. The van der Waals surface area contributed by atoms with E-state index in [2.05, 4.69) is 9.97 Å². The maximum Gasteiger partial charge on any atom is 0.374 e. The zero-order valence-corrected chi connectivity index (χ0v) is 14.0. The van der Waals surface area contributed by atoms with Gasteiger partial charge in [-0.05, 0) is 23.8 Å². The second kappa shape index (κ2) is 6.01. The molecule has 6 nitrogen and oxygen atoms in total. The van der Waals surface area contributed by atoms with Crippen molar-refractivity contribution < 1.29 is 19.1 Å². The summed E-state index contributed by atoms with van der Waals surface area (Å²) in [5.41, 5.74) is 2.31. The highest BCUT2D eigenvalue weighted by Gasteiger charge is 2.21. The molecule has 2 heterocycles. The molecule has 2 aromatic heterocycles. The van der Waals surface area contributed by atoms with Crippen LogP contribution in [0.25, 0.3) is 21.8 Å². The van der Waals surface area contributed by atoms with Gasteiger partial charge in [0.05, 0.1) is 17.2 Å². The van der Waals surface area contributed by atoms with Crippen LogP contribution in [0.2, 0.25) is 0 Å². The van der Waals surface area contributed by atoms with Crippen LogP contribution in [0.3, 0.4) is 0 Å². The second-order valence-electron chi connectivity index (χ2n) is 5.71. The molecule has 0 aliphatic heterocycles. The number of ether oxygens (including phenoxy) is 1. The van der Waals surface area contributed by atoms with Crippen molar-refractivity contribution in [3.05, 3.63) is 66.4 Å². The van der Waals surface area contributed by atoms with Gasteiger partial charge in [-0.1, -0.05) is 36.4 Å². The van der Waals surface area contributed by atoms with E-state index < -0.39 is 7.60 Å². The Bertz CT molecular complexity index is 1100. The summed E-state index contributed by atoms with van der Waals surface area (Å²) in [6, 6.07) is 16.8. The number of fused-ring (bicyclic) bond motifs is 3. The van der Waals surface area contributed by atoms with E-state index in [4.69, 9.17) is 4.74 Å². The van der Waals surface area contributed by atoms with E-state index in [-0.39, 0.29) is 5.44 Å². The molecule has 4 rings (SSSR count). The fourth-order valence-corrected chi connectivity index (χ4v) is 3.33. The third kappa shape index (κ3) is 3.03. The molecule has 0 spiro atoms. The van der Waals surface area contributed by atoms with E-state index in [1.807, 2.05) is 48.5 Å². The minimum Gasteiger partial charge on any atom is -0.488 e. The van der Waals surface area contributed by atoms with Crippen molar-refractivity contribution >= 4 is 34.8 Å². The first-order valence-electron chi connectivity index (χ1n) is 7.66. The van der Waals surface area contributed by atoms with Crippen molar-refractivity contribution in [3.63, 3.8) is 0 Å². The van der Waals surface area contributed by atoms with Crippen LogP contribution in [0, 0.1) is 0 Å². The van der Waals surface area contributed by atoms with Crippen molar-refractivity contribution in [2.75, 3.05) is 0 Å². The molecule has 0 amide bonds. The first-order valence-corrected chi connectivity index (χ1v) is 9.27. The van der Waals surface area contributed by atoms with Crippen molar-refractivity contribution in [1.29, 1.82) is 0 Å². The molecule has 4 aromatic rings. The van der Waals surface area contributed by atoms with Crippen LogP contribution in [-0.2, 0) is 11.2 Å². The summed E-state index contributed by atoms with van der Waals surface area (Å²) in [5.74, 6) is 0.649. The molecule has 126 valence electrons. The Morgan fingerprint density at radius 2 is 1.84 bits per heavy atom. The summed E-state index contributed by atoms with van der Waals surface area (Å²) in [5, 5.41) is 1.46. The molecule has 0 radical (unpaired) electrons. The molecule has 0 unspecified atom stereocenters. The molecule has 0 aliphatic rings. The minimum atomic E-state index is -4.42. The van der Waals surface area contributed by atoms with Crippen molar-refractivity contribution in [2.24, 2.45) is 0 Å². The number of H-pyrrole nitrogens is 1. The second-order valence-corrected chi connectivity index (χ2v) is 7.26. The van der Waals surface area contributed by atoms with Crippen LogP contribution in [0.5, 0.6) is 5.75 Å². The normalized spacial score (nSPS) is 11.9.